The van der Waals surface area contributed by atoms with Crippen molar-refractivity contribution >= 4 is 23.5 Å². The molecular formula is C21H25N5O3. The van der Waals surface area contributed by atoms with Gasteiger partial charge in [0.2, 0.25) is 5.91 Å². The Hall–Kier alpha value is -3.42. The number of likely N-dealkylation sites (tertiary alicyclic amines) is 1. The first-order valence-corrected chi connectivity index (χ1v) is 9.61. The number of aromatic nitrogens is 1. The first-order chi connectivity index (χ1) is 14.0. The van der Waals surface area contributed by atoms with E-state index < -0.39 is 6.03 Å². The van der Waals surface area contributed by atoms with Crippen LogP contribution < -0.4 is 16.0 Å². The Morgan fingerprint density at radius 3 is 2.62 bits per heavy atom. The number of nitrogens with zero attached hydrogens (tertiary/aromatic N) is 2. The summed E-state index contributed by atoms with van der Waals surface area (Å²) in [6, 6.07) is 10.5. The van der Waals surface area contributed by atoms with Gasteiger partial charge in [-0.25, -0.2) is 4.79 Å². The van der Waals surface area contributed by atoms with Gasteiger partial charge in [0.15, 0.2) is 0 Å². The molecular weight excluding hydrogens is 370 g/mol. The molecule has 8 nitrogen and oxygen atoms in total. The minimum absolute atomic E-state index is 0.0179. The molecule has 0 unspecified atom stereocenters. The number of hydrogen-bond donors (Lipinski definition) is 3. The molecule has 0 saturated carbocycles. The molecule has 29 heavy (non-hydrogen) atoms. The number of anilines is 1. The molecule has 1 aromatic heterocycles. The lowest BCUT2D eigenvalue weighted by Crippen LogP contribution is -2.49. The summed E-state index contributed by atoms with van der Waals surface area (Å²) in [6.07, 6.45) is 4.50. The first kappa shape index (κ1) is 20.3. The maximum absolute atomic E-state index is 12.3. The van der Waals surface area contributed by atoms with Gasteiger partial charge >= 0.3 is 6.03 Å². The number of hydrogen-bond acceptors (Lipinski definition) is 4. The SMILES string of the molecule is Cc1cccc(NC(=O)NCC(=O)N2CCC(NC(=O)c3cccnc3)CC2)c1. The second-order valence-corrected chi connectivity index (χ2v) is 7.05. The molecule has 2 aromatic rings. The largest absolute Gasteiger partial charge is 0.349 e. The van der Waals surface area contributed by atoms with Crippen molar-refractivity contribution < 1.29 is 14.4 Å². The molecule has 0 aliphatic carbocycles. The highest BCUT2D eigenvalue weighted by Gasteiger charge is 2.24. The van der Waals surface area contributed by atoms with E-state index in [1.807, 2.05) is 25.1 Å². The zero-order valence-electron chi connectivity index (χ0n) is 16.4. The number of amides is 4. The first-order valence-electron chi connectivity index (χ1n) is 9.61. The number of rotatable bonds is 5. The molecule has 0 radical (unpaired) electrons. The highest BCUT2D eigenvalue weighted by Crippen LogP contribution is 2.12. The summed E-state index contributed by atoms with van der Waals surface area (Å²) in [4.78, 5) is 42.2. The van der Waals surface area contributed by atoms with Gasteiger partial charge in [0.05, 0.1) is 12.1 Å². The number of urea groups is 1. The third kappa shape index (κ3) is 6.03. The molecule has 4 amide bonds. The van der Waals surface area contributed by atoms with Crippen LogP contribution in [0.4, 0.5) is 10.5 Å². The van der Waals surface area contributed by atoms with E-state index in [4.69, 9.17) is 0 Å². The fourth-order valence-electron chi connectivity index (χ4n) is 3.20. The molecule has 8 heteroatoms. The smallest absolute Gasteiger partial charge is 0.319 e. The Kier molecular flexibility index (Phi) is 6.78. The monoisotopic (exact) mass is 395 g/mol. The topological polar surface area (TPSA) is 103 Å². The Morgan fingerprint density at radius 1 is 1.14 bits per heavy atom. The number of benzene rings is 1. The molecule has 152 valence electrons. The van der Waals surface area contributed by atoms with Crippen molar-refractivity contribution in [3.8, 4) is 0 Å². The maximum Gasteiger partial charge on any atom is 0.319 e. The predicted octanol–water partition coefficient (Wildman–Crippen LogP) is 1.93. The fourth-order valence-corrected chi connectivity index (χ4v) is 3.20. The van der Waals surface area contributed by atoms with Crippen LogP contribution in [-0.2, 0) is 4.79 Å². The van der Waals surface area contributed by atoms with E-state index in [9.17, 15) is 14.4 Å². The van der Waals surface area contributed by atoms with Crippen molar-refractivity contribution in [3.05, 3.63) is 59.9 Å². The minimum atomic E-state index is -0.414. The molecule has 1 aromatic carbocycles. The molecule has 1 aliphatic heterocycles. The van der Waals surface area contributed by atoms with Gasteiger partial charge in [-0.3, -0.25) is 14.6 Å². The van der Waals surface area contributed by atoms with Crippen LogP contribution in [0.5, 0.6) is 0 Å². The molecule has 2 heterocycles. The average Bonchev–Trinajstić information content (AvgIpc) is 2.73. The van der Waals surface area contributed by atoms with Crippen molar-refractivity contribution in [2.75, 3.05) is 25.0 Å². The number of piperidine rings is 1. The molecule has 0 bridgehead atoms. The van der Waals surface area contributed by atoms with E-state index in [0.29, 0.717) is 37.2 Å². The fraction of sp³-hybridized carbons (Fsp3) is 0.333. The molecule has 1 fully saturated rings. The summed E-state index contributed by atoms with van der Waals surface area (Å²) >= 11 is 0. The van der Waals surface area contributed by atoms with Crippen LogP contribution in [0.3, 0.4) is 0 Å². The van der Waals surface area contributed by atoms with Crippen LogP contribution in [0.2, 0.25) is 0 Å². The normalized spacial score (nSPS) is 14.2. The van der Waals surface area contributed by atoms with Crippen molar-refractivity contribution in [1.82, 2.24) is 20.5 Å². The summed E-state index contributed by atoms with van der Waals surface area (Å²) in [5.41, 5.74) is 2.24. The van der Waals surface area contributed by atoms with E-state index in [1.165, 1.54) is 6.20 Å². The van der Waals surface area contributed by atoms with Crippen LogP contribution in [0.1, 0.15) is 28.8 Å². The minimum Gasteiger partial charge on any atom is -0.349 e. The van der Waals surface area contributed by atoms with Gasteiger partial charge in [0.1, 0.15) is 0 Å². The van der Waals surface area contributed by atoms with Gasteiger partial charge < -0.3 is 20.9 Å². The highest BCUT2D eigenvalue weighted by molar-refractivity contribution is 5.94. The van der Waals surface area contributed by atoms with Crippen LogP contribution >= 0.6 is 0 Å². The number of nitrogens with one attached hydrogen (secondary N) is 3. The van der Waals surface area contributed by atoms with Crippen LogP contribution in [0.25, 0.3) is 0 Å². The maximum atomic E-state index is 12.3. The molecule has 1 saturated heterocycles. The van der Waals surface area contributed by atoms with Gasteiger partial charge in [0.25, 0.3) is 5.91 Å². The van der Waals surface area contributed by atoms with Gasteiger partial charge in [-0.2, -0.15) is 0 Å². The number of pyridine rings is 1. The molecule has 0 atom stereocenters. The highest BCUT2D eigenvalue weighted by atomic mass is 16.2. The Bertz CT molecular complexity index is 864. The molecule has 3 rings (SSSR count). The van der Waals surface area contributed by atoms with Gasteiger partial charge in [-0.1, -0.05) is 12.1 Å². The zero-order valence-corrected chi connectivity index (χ0v) is 16.4. The van der Waals surface area contributed by atoms with Crippen molar-refractivity contribution in [2.45, 2.75) is 25.8 Å². The van der Waals surface area contributed by atoms with E-state index in [-0.39, 0.29) is 24.4 Å². The Labute approximate surface area is 169 Å². The van der Waals surface area contributed by atoms with Crippen molar-refractivity contribution in [3.63, 3.8) is 0 Å². The summed E-state index contributed by atoms with van der Waals surface area (Å²) in [6.45, 7) is 2.95. The average molecular weight is 395 g/mol. The van der Waals surface area contributed by atoms with Crippen molar-refractivity contribution in [2.24, 2.45) is 0 Å². The van der Waals surface area contributed by atoms with Crippen LogP contribution in [-0.4, -0.2) is 53.4 Å². The second kappa shape index (κ2) is 9.68. The summed E-state index contributed by atoms with van der Waals surface area (Å²) < 4.78 is 0. The number of carbonyl (C=O) groups is 3. The van der Waals surface area contributed by atoms with Crippen LogP contribution in [0.15, 0.2) is 48.8 Å². The zero-order chi connectivity index (χ0) is 20.6. The third-order valence-electron chi connectivity index (χ3n) is 4.78. The summed E-state index contributed by atoms with van der Waals surface area (Å²) in [7, 11) is 0. The third-order valence-corrected chi connectivity index (χ3v) is 4.78. The quantitative estimate of drug-likeness (QED) is 0.720. The molecule has 1 aliphatic rings. The summed E-state index contributed by atoms with van der Waals surface area (Å²) in [5.74, 6) is -0.293. The lowest BCUT2D eigenvalue weighted by molar-refractivity contribution is -0.131. The van der Waals surface area contributed by atoms with Crippen LogP contribution in [0, 0.1) is 6.92 Å². The van der Waals surface area contributed by atoms with E-state index in [0.717, 1.165) is 5.56 Å². The van der Waals surface area contributed by atoms with E-state index in [1.54, 1.807) is 29.3 Å². The lowest BCUT2D eigenvalue weighted by Gasteiger charge is -2.32. The summed E-state index contributed by atoms with van der Waals surface area (Å²) in [5, 5.41) is 8.29. The van der Waals surface area contributed by atoms with Gasteiger partial charge in [-0.15, -0.1) is 0 Å². The molecule has 0 spiro atoms. The van der Waals surface area contributed by atoms with E-state index in [2.05, 4.69) is 20.9 Å². The Balaban J connectivity index is 1.38. The van der Waals surface area contributed by atoms with Gasteiger partial charge in [-0.05, 0) is 49.6 Å². The van der Waals surface area contributed by atoms with Crippen molar-refractivity contribution in [1.29, 1.82) is 0 Å². The lowest BCUT2D eigenvalue weighted by atomic mass is 10.0. The Morgan fingerprint density at radius 2 is 1.93 bits per heavy atom. The standard InChI is InChI=1S/C21H25N5O3/c1-15-4-2-6-18(12-15)25-21(29)23-14-19(27)26-10-7-17(8-11-26)24-20(28)16-5-3-9-22-13-16/h2-6,9,12-13,17H,7-8,10-11,14H2,1H3,(H,24,28)(H2,23,25,29). The predicted molar refractivity (Wildman–Crippen MR) is 110 cm³/mol. The van der Waals surface area contributed by atoms with E-state index >= 15 is 0 Å². The number of aryl methyl sites for hydroxylation is 1. The molecule has 3 N–H and O–H groups in total. The number of carbonyl (C=O) groups excluding carboxylic acids is 3. The van der Waals surface area contributed by atoms with Gasteiger partial charge in [0, 0.05) is 37.2 Å². The second-order valence-electron chi connectivity index (χ2n) is 7.05.